The minimum absolute atomic E-state index is 0.777. The molecule has 1 aliphatic heterocycles. The Morgan fingerprint density at radius 3 is 2.64 bits per heavy atom. The van der Waals surface area contributed by atoms with Gasteiger partial charge in [-0.25, -0.2) is 0 Å². The van der Waals surface area contributed by atoms with E-state index in [4.69, 9.17) is 0 Å². The fraction of sp³-hybridized carbons (Fsp3) is 1.00. The third kappa shape index (κ3) is 4.43. The molecule has 0 saturated carbocycles. The van der Waals surface area contributed by atoms with Crippen LogP contribution in [0.15, 0.2) is 0 Å². The molecule has 0 aromatic heterocycles. The first kappa shape index (κ1) is 12.0. The Balaban J connectivity index is 2.08. The van der Waals surface area contributed by atoms with Crippen molar-refractivity contribution in [2.45, 2.75) is 39.7 Å². The van der Waals surface area contributed by atoms with Crippen LogP contribution in [0.4, 0.5) is 0 Å². The maximum absolute atomic E-state index is 3.59. The largest absolute Gasteiger partial charge is 0.314 e. The third-order valence-corrected chi connectivity index (χ3v) is 2.98. The lowest BCUT2D eigenvalue weighted by Crippen LogP contribution is -2.30. The van der Waals surface area contributed by atoms with Gasteiger partial charge in [-0.15, -0.1) is 0 Å². The fourth-order valence-corrected chi connectivity index (χ4v) is 2.33. The molecule has 2 atom stereocenters. The van der Waals surface area contributed by atoms with Crippen molar-refractivity contribution in [2.75, 3.05) is 26.7 Å². The van der Waals surface area contributed by atoms with Crippen LogP contribution in [0, 0.1) is 11.8 Å². The van der Waals surface area contributed by atoms with Crippen LogP contribution in [0.2, 0.25) is 0 Å². The molecule has 0 spiro atoms. The zero-order chi connectivity index (χ0) is 10.6. The van der Waals surface area contributed by atoms with Crippen LogP contribution in [0.5, 0.6) is 0 Å². The monoisotopic (exact) mass is 198 g/mol. The van der Waals surface area contributed by atoms with E-state index in [9.17, 15) is 0 Å². The minimum Gasteiger partial charge on any atom is -0.314 e. The van der Waals surface area contributed by atoms with Gasteiger partial charge in [0, 0.05) is 12.6 Å². The van der Waals surface area contributed by atoms with E-state index in [1.165, 1.54) is 32.5 Å². The normalized spacial score (nSPS) is 27.9. The molecule has 0 bridgehead atoms. The van der Waals surface area contributed by atoms with Crippen LogP contribution >= 0.6 is 0 Å². The Labute approximate surface area is 89.1 Å². The second-order valence-corrected chi connectivity index (χ2v) is 5.39. The van der Waals surface area contributed by atoms with Gasteiger partial charge in [-0.3, -0.25) is 0 Å². The van der Waals surface area contributed by atoms with Crippen LogP contribution in [0.1, 0.15) is 33.6 Å². The van der Waals surface area contributed by atoms with Crippen molar-refractivity contribution in [3.63, 3.8) is 0 Å². The van der Waals surface area contributed by atoms with Crippen LogP contribution < -0.4 is 5.32 Å². The summed E-state index contributed by atoms with van der Waals surface area (Å²) in [7, 11) is 2.23. The van der Waals surface area contributed by atoms with Gasteiger partial charge in [0.1, 0.15) is 0 Å². The summed E-state index contributed by atoms with van der Waals surface area (Å²) in [5, 5.41) is 3.59. The van der Waals surface area contributed by atoms with Crippen LogP contribution in [-0.2, 0) is 0 Å². The molecular weight excluding hydrogens is 172 g/mol. The highest BCUT2D eigenvalue weighted by Gasteiger charge is 2.20. The van der Waals surface area contributed by atoms with Crippen molar-refractivity contribution in [3.8, 4) is 0 Å². The van der Waals surface area contributed by atoms with Gasteiger partial charge in [0.25, 0.3) is 0 Å². The molecule has 1 saturated heterocycles. The SMILES string of the molecule is CC(C)CN(C)CCC1C[C@@H](C)CN1. The number of nitrogens with one attached hydrogen (secondary N) is 1. The number of nitrogens with zero attached hydrogens (tertiary/aromatic N) is 1. The Morgan fingerprint density at radius 2 is 2.14 bits per heavy atom. The Hall–Kier alpha value is -0.0800. The van der Waals surface area contributed by atoms with E-state index in [1.807, 2.05) is 0 Å². The lowest BCUT2D eigenvalue weighted by atomic mass is 10.1. The van der Waals surface area contributed by atoms with Crippen molar-refractivity contribution in [2.24, 2.45) is 11.8 Å². The van der Waals surface area contributed by atoms with Crippen molar-refractivity contribution >= 4 is 0 Å². The van der Waals surface area contributed by atoms with Gasteiger partial charge in [-0.05, 0) is 44.8 Å². The van der Waals surface area contributed by atoms with Crippen LogP contribution in [-0.4, -0.2) is 37.6 Å². The fourth-order valence-electron chi connectivity index (χ4n) is 2.33. The first-order valence-electron chi connectivity index (χ1n) is 6.00. The molecule has 14 heavy (non-hydrogen) atoms. The molecule has 1 rings (SSSR count). The van der Waals surface area contributed by atoms with Gasteiger partial charge >= 0.3 is 0 Å². The molecule has 2 nitrogen and oxygen atoms in total. The van der Waals surface area contributed by atoms with E-state index in [2.05, 4.69) is 38.0 Å². The Bertz CT molecular complexity index is 156. The Kier molecular flexibility index (Phi) is 4.90. The molecule has 0 aromatic rings. The summed E-state index contributed by atoms with van der Waals surface area (Å²) in [5.41, 5.74) is 0. The molecule has 1 fully saturated rings. The molecule has 0 radical (unpaired) electrons. The second-order valence-electron chi connectivity index (χ2n) is 5.39. The summed E-state index contributed by atoms with van der Waals surface area (Å²) in [6.45, 7) is 10.6. The summed E-state index contributed by atoms with van der Waals surface area (Å²) >= 11 is 0. The van der Waals surface area contributed by atoms with Gasteiger partial charge < -0.3 is 10.2 Å². The smallest absolute Gasteiger partial charge is 0.00823 e. The molecule has 1 unspecified atom stereocenters. The predicted octanol–water partition coefficient (Wildman–Crippen LogP) is 1.96. The van der Waals surface area contributed by atoms with Gasteiger partial charge in [0.2, 0.25) is 0 Å². The molecule has 2 heteroatoms. The highest BCUT2D eigenvalue weighted by atomic mass is 15.1. The van der Waals surface area contributed by atoms with E-state index in [0.717, 1.165) is 17.9 Å². The van der Waals surface area contributed by atoms with Crippen molar-refractivity contribution in [1.29, 1.82) is 0 Å². The molecular formula is C12H26N2. The first-order chi connectivity index (χ1) is 6.58. The quantitative estimate of drug-likeness (QED) is 0.726. The zero-order valence-corrected chi connectivity index (χ0v) is 10.2. The zero-order valence-electron chi connectivity index (χ0n) is 10.2. The van der Waals surface area contributed by atoms with Crippen LogP contribution in [0.3, 0.4) is 0 Å². The van der Waals surface area contributed by atoms with E-state index >= 15 is 0 Å². The maximum Gasteiger partial charge on any atom is 0.00823 e. The highest BCUT2D eigenvalue weighted by molar-refractivity contribution is 4.79. The summed E-state index contributed by atoms with van der Waals surface area (Å²) in [6, 6.07) is 0.777. The highest BCUT2D eigenvalue weighted by Crippen LogP contribution is 2.15. The van der Waals surface area contributed by atoms with Gasteiger partial charge in [0.05, 0.1) is 0 Å². The number of rotatable bonds is 5. The lowest BCUT2D eigenvalue weighted by Gasteiger charge is -2.20. The van der Waals surface area contributed by atoms with Crippen LogP contribution in [0.25, 0.3) is 0 Å². The molecule has 0 aliphatic carbocycles. The number of hydrogen-bond acceptors (Lipinski definition) is 2. The molecule has 1 heterocycles. The van der Waals surface area contributed by atoms with E-state index in [-0.39, 0.29) is 0 Å². The summed E-state index contributed by atoms with van der Waals surface area (Å²) in [6.07, 6.45) is 2.68. The van der Waals surface area contributed by atoms with E-state index < -0.39 is 0 Å². The molecule has 84 valence electrons. The second kappa shape index (κ2) is 5.72. The molecule has 1 aliphatic rings. The van der Waals surface area contributed by atoms with Gasteiger partial charge in [-0.2, -0.15) is 0 Å². The number of hydrogen-bond donors (Lipinski definition) is 1. The van der Waals surface area contributed by atoms with E-state index in [0.29, 0.717) is 0 Å². The third-order valence-electron chi connectivity index (χ3n) is 2.98. The Morgan fingerprint density at radius 1 is 1.43 bits per heavy atom. The summed E-state index contributed by atoms with van der Waals surface area (Å²) in [5.74, 6) is 1.67. The van der Waals surface area contributed by atoms with Gasteiger partial charge in [-0.1, -0.05) is 20.8 Å². The maximum atomic E-state index is 3.59. The summed E-state index contributed by atoms with van der Waals surface area (Å²) in [4.78, 5) is 2.45. The average molecular weight is 198 g/mol. The van der Waals surface area contributed by atoms with Gasteiger partial charge in [0.15, 0.2) is 0 Å². The topological polar surface area (TPSA) is 15.3 Å². The van der Waals surface area contributed by atoms with E-state index in [1.54, 1.807) is 0 Å². The summed E-state index contributed by atoms with van der Waals surface area (Å²) < 4.78 is 0. The molecule has 1 N–H and O–H groups in total. The standard InChI is InChI=1S/C12H26N2/c1-10(2)9-14(4)6-5-12-7-11(3)8-13-12/h10-13H,5-9H2,1-4H3/t11-,12?/m1/s1. The van der Waals surface area contributed by atoms with Crippen molar-refractivity contribution in [1.82, 2.24) is 10.2 Å². The first-order valence-corrected chi connectivity index (χ1v) is 6.00. The predicted molar refractivity (Wildman–Crippen MR) is 62.5 cm³/mol. The molecule has 0 aromatic carbocycles. The molecule has 0 amide bonds. The lowest BCUT2D eigenvalue weighted by molar-refractivity contribution is 0.280. The average Bonchev–Trinajstić information content (AvgIpc) is 2.47. The minimum atomic E-state index is 0.777. The van der Waals surface area contributed by atoms with Crippen molar-refractivity contribution in [3.05, 3.63) is 0 Å². The van der Waals surface area contributed by atoms with Crippen molar-refractivity contribution < 1.29 is 0 Å².